The molecule has 270 valence electrons. The van der Waals surface area contributed by atoms with Gasteiger partial charge in [-0.15, -0.1) is 0 Å². The van der Waals surface area contributed by atoms with Gasteiger partial charge in [-0.25, -0.2) is 0 Å². The topological polar surface area (TPSA) is 349 Å². The van der Waals surface area contributed by atoms with Crippen molar-refractivity contribution in [1.29, 1.82) is 0 Å². The van der Waals surface area contributed by atoms with Gasteiger partial charge in [-0.05, 0) is 50.5 Å². The smallest absolute Gasteiger partial charge is 0.245 e. The third-order valence-corrected chi connectivity index (χ3v) is 7.68. The van der Waals surface area contributed by atoms with Crippen molar-refractivity contribution in [1.82, 2.24) is 20.9 Å². The number of rotatable bonds is 20. The SMILES string of the molecule is NC(=O)C[C@H](NC(=O)[C@H](CCCN=C(N)N)NC(=O)[C@@H]1CCCN1C(=O)[C@H](CCCN=C(N)N)NC(=O)[C@@H](N)Cc1ccccc1)C(N)=O. The van der Waals surface area contributed by atoms with Gasteiger partial charge in [-0.2, -0.15) is 0 Å². The van der Waals surface area contributed by atoms with Crippen molar-refractivity contribution in [2.75, 3.05) is 19.6 Å². The first-order chi connectivity index (χ1) is 23.2. The summed E-state index contributed by atoms with van der Waals surface area (Å²) in [5.74, 6) is -4.70. The third kappa shape index (κ3) is 14.1. The van der Waals surface area contributed by atoms with Crippen LogP contribution in [0.2, 0.25) is 0 Å². The summed E-state index contributed by atoms with van der Waals surface area (Å²) in [6, 6.07) is 3.51. The van der Waals surface area contributed by atoms with Crippen LogP contribution in [-0.2, 0) is 35.2 Å². The Labute approximate surface area is 284 Å². The summed E-state index contributed by atoms with van der Waals surface area (Å²) in [6.07, 6.45) is 1.17. The predicted molar refractivity (Wildman–Crippen MR) is 181 cm³/mol. The van der Waals surface area contributed by atoms with Gasteiger partial charge in [0.25, 0.3) is 0 Å². The molecular formula is C30H49N13O6. The minimum Gasteiger partial charge on any atom is -0.370 e. The fraction of sp³-hybridized carbons (Fsp3) is 0.533. The lowest BCUT2D eigenvalue weighted by Crippen LogP contribution is -2.58. The molecule has 0 aromatic heterocycles. The molecule has 0 unspecified atom stereocenters. The van der Waals surface area contributed by atoms with Gasteiger partial charge < -0.3 is 61.0 Å². The highest BCUT2D eigenvalue weighted by molar-refractivity contribution is 5.96. The maximum absolute atomic E-state index is 13.9. The number of guanidine groups is 2. The van der Waals surface area contributed by atoms with E-state index in [1.54, 1.807) is 0 Å². The molecule has 1 aliphatic rings. The average molecular weight is 688 g/mol. The van der Waals surface area contributed by atoms with Gasteiger partial charge in [-0.3, -0.25) is 38.8 Å². The number of primary amides is 2. The Kier molecular flexibility index (Phi) is 16.2. The van der Waals surface area contributed by atoms with Crippen molar-refractivity contribution in [3.05, 3.63) is 35.9 Å². The van der Waals surface area contributed by atoms with Gasteiger partial charge in [0.1, 0.15) is 24.2 Å². The largest absolute Gasteiger partial charge is 0.370 e. The van der Waals surface area contributed by atoms with Crippen LogP contribution < -0.4 is 56.1 Å². The van der Waals surface area contributed by atoms with E-state index in [2.05, 4.69) is 25.9 Å². The Balaban J connectivity index is 2.23. The number of likely N-dealkylation sites (tertiary alicyclic amines) is 1. The molecule has 1 heterocycles. The van der Waals surface area contributed by atoms with E-state index in [4.69, 9.17) is 40.1 Å². The number of hydrogen-bond acceptors (Lipinski definition) is 9. The first-order valence-corrected chi connectivity index (χ1v) is 15.9. The van der Waals surface area contributed by atoms with Gasteiger partial charge in [0, 0.05) is 19.6 Å². The van der Waals surface area contributed by atoms with Crippen LogP contribution in [0.3, 0.4) is 0 Å². The van der Waals surface area contributed by atoms with E-state index in [1.807, 2.05) is 30.3 Å². The lowest BCUT2D eigenvalue weighted by Gasteiger charge is -2.30. The number of nitrogens with zero attached hydrogens (tertiary/aromatic N) is 3. The summed E-state index contributed by atoms with van der Waals surface area (Å²) >= 11 is 0. The molecule has 0 saturated carbocycles. The van der Waals surface area contributed by atoms with E-state index in [0.29, 0.717) is 12.8 Å². The van der Waals surface area contributed by atoms with E-state index in [0.717, 1.165) is 5.56 Å². The lowest BCUT2D eigenvalue weighted by molar-refractivity contribution is -0.142. The highest BCUT2D eigenvalue weighted by Crippen LogP contribution is 2.20. The normalized spacial score (nSPS) is 16.3. The standard InChI is InChI=1S/C30H49N13O6/c31-18(15-17-7-2-1-3-8-17)25(46)41-20(10-5-13-39-30(36)37)28(49)43-14-6-11-22(43)27(48)40-19(9-4-12-38-29(34)35)26(47)42-21(24(33)45)16-23(32)44/h1-3,7-8,18-22H,4-6,9-16,31H2,(H2,32,44)(H2,33,45)(H,40,48)(H,41,46)(H,42,47)(H4,34,35,38)(H4,36,37,39)/t18-,19-,20-,21-,22-/m0/s1. The van der Waals surface area contributed by atoms with Crippen LogP contribution in [-0.4, -0.2) is 102 Å². The molecule has 6 amide bonds. The Hall–Kier alpha value is -5.46. The summed E-state index contributed by atoms with van der Waals surface area (Å²) in [4.78, 5) is 86.3. The summed E-state index contributed by atoms with van der Waals surface area (Å²) in [5, 5.41) is 7.73. The minimum absolute atomic E-state index is 0.0276. The van der Waals surface area contributed by atoms with Crippen LogP contribution >= 0.6 is 0 Å². The number of hydrogen-bond donors (Lipinski definition) is 10. The van der Waals surface area contributed by atoms with Crippen molar-refractivity contribution in [2.45, 2.75) is 81.6 Å². The van der Waals surface area contributed by atoms with Crippen molar-refractivity contribution < 1.29 is 28.8 Å². The second kappa shape index (κ2) is 20.0. The number of carbonyl (C=O) groups is 6. The molecule has 0 spiro atoms. The maximum Gasteiger partial charge on any atom is 0.245 e. The molecule has 0 bridgehead atoms. The van der Waals surface area contributed by atoms with Crippen LogP contribution in [0.4, 0.5) is 0 Å². The van der Waals surface area contributed by atoms with Crippen LogP contribution in [0.25, 0.3) is 0 Å². The molecule has 0 aliphatic carbocycles. The monoisotopic (exact) mass is 687 g/mol. The predicted octanol–water partition coefficient (Wildman–Crippen LogP) is -4.53. The van der Waals surface area contributed by atoms with Gasteiger partial charge in [0.15, 0.2) is 11.9 Å². The zero-order chi connectivity index (χ0) is 36.5. The number of carbonyl (C=O) groups excluding carboxylic acids is 6. The molecule has 0 radical (unpaired) electrons. The van der Waals surface area contributed by atoms with Crippen molar-refractivity contribution in [3.63, 3.8) is 0 Å². The number of benzene rings is 1. The summed E-state index contributed by atoms with van der Waals surface area (Å²) in [7, 11) is 0. The number of amides is 6. The van der Waals surface area contributed by atoms with E-state index in [-0.39, 0.29) is 63.7 Å². The Morgan fingerprint density at radius 2 is 1.35 bits per heavy atom. The van der Waals surface area contributed by atoms with Gasteiger partial charge in [0.2, 0.25) is 35.4 Å². The fourth-order valence-corrected chi connectivity index (χ4v) is 5.24. The molecule has 1 aromatic rings. The van der Waals surface area contributed by atoms with Gasteiger partial charge in [-0.1, -0.05) is 30.3 Å². The van der Waals surface area contributed by atoms with Crippen LogP contribution in [0.15, 0.2) is 40.3 Å². The Morgan fingerprint density at radius 3 is 1.90 bits per heavy atom. The Morgan fingerprint density at radius 1 is 0.776 bits per heavy atom. The molecule has 1 aliphatic heterocycles. The second-order valence-corrected chi connectivity index (χ2v) is 11.6. The summed E-state index contributed by atoms with van der Waals surface area (Å²) in [5.41, 5.74) is 39.1. The average Bonchev–Trinajstić information content (AvgIpc) is 3.53. The first kappa shape index (κ1) is 39.7. The van der Waals surface area contributed by atoms with Crippen molar-refractivity contribution in [2.24, 2.45) is 50.1 Å². The molecule has 1 aromatic carbocycles. The molecule has 5 atom stereocenters. The quantitative estimate of drug-likeness (QED) is 0.0353. The molecule has 49 heavy (non-hydrogen) atoms. The van der Waals surface area contributed by atoms with E-state index >= 15 is 0 Å². The number of aliphatic imine (C=N–C) groups is 2. The zero-order valence-corrected chi connectivity index (χ0v) is 27.4. The van der Waals surface area contributed by atoms with Gasteiger partial charge in [0.05, 0.1) is 12.5 Å². The maximum atomic E-state index is 13.9. The molecular weight excluding hydrogens is 638 g/mol. The van der Waals surface area contributed by atoms with Crippen LogP contribution in [0.1, 0.15) is 50.5 Å². The second-order valence-electron chi connectivity index (χ2n) is 11.6. The third-order valence-electron chi connectivity index (χ3n) is 7.68. The Bertz CT molecular complexity index is 1370. The highest BCUT2D eigenvalue weighted by Gasteiger charge is 2.39. The summed E-state index contributed by atoms with van der Waals surface area (Å²) < 4.78 is 0. The van der Waals surface area contributed by atoms with Crippen LogP contribution in [0.5, 0.6) is 0 Å². The van der Waals surface area contributed by atoms with E-state index < -0.39 is 72.1 Å². The number of nitrogens with two attached hydrogens (primary N) is 7. The molecule has 1 fully saturated rings. The first-order valence-electron chi connectivity index (χ1n) is 15.9. The zero-order valence-electron chi connectivity index (χ0n) is 27.4. The molecule has 19 nitrogen and oxygen atoms in total. The molecule has 1 saturated heterocycles. The van der Waals surface area contributed by atoms with E-state index in [1.165, 1.54) is 4.90 Å². The number of nitrogens with one attached hydrogen (secondary N) is 3. The highest BCUT2D eigenvalue weighted by atomic mass is 16.2. The molecule has 19 heteroatoms. The van der Waals surface area contributed by atoms with Crippen LogP contribution in [0, 0.1) is 0 Å². The van der Waals surface area contributed by atoms with Crippen molar-refractivity contribution in [3.8, 4) is 0 Å². The fourth-order valence-electron chi connectivity index (χ4n) is 5.24. The summed E-state index contributed by atoms with van der Waals surface area (Å²) in [6.45, 7) is 0.530. The van der Waals surface area contributed by atoms with Crippen molar-refractivity contribution >= 4 is 47.4 Å². The molecule has 17 N–H and O–H groups in total. The molecule has 2 rings (SSSR count). The van der Waals surface area contributed by atoms with Gasteiger partial charge >= 0.3 is 0 Å². The minimum atomic E-state index is -1.41. The van der Waals surface area contributed by atoms with E-state index in [9.17, 15) is 28.8 Å². The lowest BCUT2D eigenvalue weighted by atomic mass is 10.0.